The normalized spacial score (nSPS) is 23.9. The Morgan fingerprint density at radius 1 is 1.43 bits per heavy atom. The van der Waals surface area contributed by atoms with E-state index in [-0.39, 0.29) is 12.3 Å². The second kappa shape index (κ2) is 6.64. The molecule has 1 unspecified atom stereocenters. The van der Waals surface area contributed by atoms with Gasteiger partial charge in [-0.1, -0.05) is 17.9 Å². The SMILES string of the molecule is CN1CCC(O)(C#Cc2cccc(C3=CN(C(N)=O)CC4=NC=C[N+]34)c2)C1=O. The predicted octanol–water partition coefficient (Wildman–Crippen LogP) is 0.347. The highest BCUT2D eigenvalue weighted by atomic mass is 16.3. The molecule has 4 rings (SSSR count). The van der Waals surface area contributed by atoms with Crippen LogP contribution in [0, 0.1) is 11.8 Å². The Balaban J connectivity index is 1.67. The van der Waals surface area contributed by atoms with Crippen LogP contribution < -0.4 is 10.6 Å². The van der Waals surface area contributed by atoms with Gasteiger partial charge in [-0.15, -0.1) is 0 Å². The number of hydrogen-bond acceptors (Lipinski definition) is 5. The fourth-order valence-corrected chi connectivity index (χ4v) is 3.34. The average Bonchev–Trinajstić information content (AvgIpc) is 3.27. The number of nitrogens with two attached hydrogens (primary N) is 1. The number of primary amides is 1. The molecule has 3 amide bonds. The Hall–Kier alpha value is -3.41. The molecule has 1 aromatic carbocycles. The summed E-state index contributed by atoms with van der Waals surface area (Å²) in [5, 5.41) is 10.5. The Morgan fingerprint density at radius 3 is 2.96 bits per heavy atom. The lowest BCUT2D eigenvalue weighted by Crippen LogP contribution is -2.46. The summed E-state index contributed by atoms with van der Waals surface area (Å²) in [4.78, 5) is 32.7. The molecule has 3 N–H and O–H groups in total. The van der Waals surface area contributed by atoms with E-state index in [0.29, 0.717) is 24.5 Å². The third kappa shape index (κ3) is 3.07. The van der Waals surface area contributed by atoms with Crippen LogP contribution in [0.4, 0.5) is 4.79 Å². The number of carbonyl (C=O) groups is 2. The molecule has 3 heterocycles. The van der Waals surface area contributed by atoms with E-state index in [4.69, 9.17) is 5.73 Å². The first-order valence-corrected chi connectivity index (χ1v) is 8.79. The van der Waals surface area contributed by atoms with E-state index in [0.717, 1.165) is 11.3 Å². The molecule has 0 aliphatic carbocycles. The van der Waals surface area contributed by atoms with Gasteiger partial charge in [-0.2, -0.15) is 4.99 Å². The van der Waals surface area contributed by atoms with Crippen molar-refractivity contribution in [3.05, 3.63) is 54.0 Å². The van der Waals surface area contributed by atoms with Crippen LogP contribution in [0.25, 0.3) is 5.70 Å². The zero-order chi connectivity index (χ0) is 19.9. The first kappa shape index (κ1) is 18.0. The predicted molar refractivity (Wildman–Crippen MR) is 103 cm³/mol. The molecular formula is C20H19N5O3+. The highest BCUT2D eigenvalue weighted by molar-refractivity contribution is 6.02. The van der Waals surface area contributed by atoms with Crippen molar-refractivity contribution in [3.8, 4) is 11.8 Å². The number of likely N-dealkylation sites (tertiary alicyclic amines) is 1. The molecule has 1 aromatic rings. The van der Waals surface area contributed by atoms with E-state index in [1.54, 1.807) is 25.5 Å². The number of benzene rings is 1. The molecule has 0 bridgehead atoms. The van der Waals surface area contributed by atoms with E-state index in [2.05, 4.69) is 16.8 Å². The zero-order valence-electron chi connectivity index (χ0n) is 15.3. The molecule has 0 spiro atoms. The van der Waals surface area contributed by atoms with Gasteiger partial charge in [0.15, 0.2) is 6.20 Å². The molecule has 0 saturated carbocycles. The lowest BCUT2D eigenvalue weighted by Gasteiger charge is -2.22. The van der Waals surface area contributed by atoms with Gasteiger partial charge in [0, 0.05) is 31.1 Å². The number of nitrogens with zero attached hydrogens (tertiary/aromatic N) is 4. The standard InChI is InChI=1S/C20H19N5O3/c1-23-9-7-20(28,18(23)26)6-5-14-3-2-4-15(11-14)16-12-24(19(21)27)13-17-22-8-10-25(16)17/h2-4,8,10-12,28H,7,9,13H2,1H3,(H2,21,27)/q+1. The van der Waals surface area contributed by atoms with Crippen molar-refractivity contribution in [2.24, 2.45) is 10.7 Å². The van der Waals surface area contributed by atoms with Crippen molar-refractivity contribution < 1.29 is 14.7 Å². The van der Waals surface area contributed by atoms with Crippen LogP contribution in [0.1, 0.15) is 17.5 Å². The Morgan fingerprint density at radius 2 is 2.25 bits per heavy atom. The quantitative estimate of drug-likeness (QED) is 0.545. The number of aliphatic imine (C=N–C) groups is 1. The molecule has 141 valence electrons. The molecule has 0 aromatic heterocycles. The first-order valence-electron chi connectivity index (χ1n) is 8.79. The maximum Gasteiger partial charge on any atom is 0.319 e. The summed E-state index contributed by atoms with van der Waals surface area (Å²) < 4.78 is 0. The van der Waals surface area contributed by atoms with Gasteiger partial charge < -0.3 is 15.7 Å². The maximum atomic E-state index is 12.1. The van der Waals surface area contributed by atoms with Crippen molar-refractivity contribution in [2.75, 3.05) is 20.1 Å². The topological polar surface area (TPSA) is 105 Å². The van der Waals surface area contributed by atoms with Gasteiger partial charge in [0.2, 0.25) is 11.3 Å². The number of urea groups is 1. The summed E-state index contributed by atoms with van der Waals surface area (Å²) in [6.45, 7) is 0.775. The van der Waals surface area contributed by atoms with Crippen molar-refractivity contribution in [2.45, 2.75) is 12.0 Å². The fraction of sp³-hybridized carbons (Fsp3) is 0.250. The minimum atomic E-state index is -1.64. The van der Waals surface area contributed by atoms with Crippen molar-refractivity contribution in [3.63, 3.8) is 0 Å². The fourth-order valence-electron chi connectivity index (χ4n) is 3.34. The Kier molecular flexibility index (Phi) is 4.26. The van der Waals surface area contributed by atoms with Crippen LogP contribution in [-0.2, 0) is 4.79 Å². The summed E-state index contributed by atoms with van der Waals surface area (Å²) in [5.74, 6) is 5.93. The first-order chi connectivity index (χ1) is 13.4. The van der Waals surface area contributed by atoms with Crippen LogP contribution >= 0.6 is 0 Å². The number of fused-ring (bicyclic) bond motifs is 1. The van der Waals surface area contributed by atoms with E-state index >= 15 is 0 Å². The lowest BCUT2D eigenvalue weighted by molar-refractivity contribution is -0.137. The van der Waals surface area contributed by atoms with Crippen LogP contribution in [-0.4, -0.2) is 58.4 Å². The second-order valence-electron chi connectivity index (χ2n) is 6.86. The van der Waals surface area contributed by atoms with Crippen LogP contribution in [0.2, 0.25) is 0 Å². The number of carbonyl (C=O) groups excluding carboxylic acids is 2. The molecule has 8 nitrogen and oxygen atoms in total. The average molecular weight is 377 g/mol. The molecule has 8 heteroatoms. The minimum Gasteiger partial charge on any atom is -0.369 e. The van der Waals surface area contributed by atoms with Gasteiger partial charge in [-0.3, -0.25) is 9.69 Å². The monoisotopic (exact) mass is 377 g/mol. The molecule has 3 aliphatic heterocycles. The van der Waals surface area contributed by atoms with Gasteiger partial charge in [0.05, 0.1) is 12.4 Å². The molecule has 1 fully saturated rings. The van der Waals surface area contributed by atoms with E-state index in [1.807, 2.05) is 29.3 Å². The van der Waals surface area contributed by atoms with Crippen LogP contribution in [0.5, 0.6) is 0 Å². The van der Waals surface area contributed by atoms with Gasteiger partial charge in [-0.05, 0) is 23.1 Å². The number of amidine groups is 1. The molecule has 1 radical (unpaired) electrons. The summed E-state index contributed by atoms with van der Waals surface area (Å²) in [6.07, 6.45) is 5.43. The van der Waals surface area contributed by atoms with E-state index in [9.17, 15) is 14.7 Å². The summed E-state index contributed by atoms with van der Waals surface area (Å²) in [5.41, 5.74) is 5.98. The van der Waals surface area contributed by atoms with Crippen LogP contribution in [0.3, 0.4) is 0 Å². The Labute approximate surface area is 162 Å². The smallest absolute Gasteiger partial charge is 0.319 e. The number of likely N-dealkylation sites (N-methyl/N-ethyl adjacent to an activating group) is 1. The number of amides is 3. The largest absolute Gasteiger partial charge is 0.369 e. The van der Waals surface area contributed by atoms with Crippen LogP contribution in [0.15, 0.2) is 47.9 Å². The van der Waals surface area contributed by atoms with Gasteiger partial charge in [-0.25, -0.2) is 4.79 Å². The van der Waals surface area contributed by atoms with Gasteiger partial charge in [0.25, 0.3) is 11.7 Å². The summed E-state index contributed by atoms with van der Waals surface area (Å²) >= 11 is 0. The third-order valence-corrected chi connectivity index (χ3v) is 4.93. The second-order valence-corrected chi connectivity index (χ2v) is 6.86. The van der Waals surface area contributed by atoms with E-state index < -0.39 is 11.6 Å². The number of rotatable bonds is 1. The third-order valence-electron chi connectivity index (χ3n) is 4.93. The molecule has 3 aliphatic rings. The van der Waals surface area contributed by atoms with Crippen molar-refractivity contribution in [1.82, 2.24) is 14.7 Å². The van der Waals surface area contributed by atoms with E-state index in [1.165, 1.54) is 9.80 Å². The molecule has 1 saturated heterocycles. The van der Waals surface area contributed by atoms with Crippen molar-refractivity contribution in [1.29, 1.82) is 0 Å². The summed E-state index contributed by atoms with van der Waals surface area (Å²) in [7, 11) is 1.64. The van der Waals surface area contributed by atoms with Gasteiger partial charge >= 0.3 is 6.03 Å². The van der Waals surface area contributed by atoms with Gasteiger partial charge in [0.1, 0.15) is 6.54 Å². The highest BCUT2D eigenvalue weighted by Gasteiger charge is 2.42. The highest BCUT2D eigenvalue weighted by Crippen LogP contribution is 2.26. The zero-order valence-corrected chi connectivity index (χ0v) is 15.3. The lowest BCUT2D eigenvalue weighted by atomic mass is 10.0. The number of aliphatic hydroxyl groups is 1. The Bertz CT molecular complexity index is 1020. The molecule has 28 heavy (non-hydrogen) atoms. The summed E-state index contributed by atoms with van der Waals surface area (Å²) in [6, 6.07) is 6.78. The molecule has 1 atom stereocenters. The van der Waals surface area contributed by atoms with Crippen molar-refractivity contribution >= 4 is 23.5 Å². The maximum absolute atomic E-state index is 12.1. The minimum absolute atomic E-state index is 0.284. The number of hydrogen-bond donors (Lipinski definition) is 2. The molecular weight excluding hydrogens is 358 g/mol.